The molecule has 0 saturated heterocycles. The van der Waals surface area contributed by atoms with Crippen molar-refractivity contribution in [1.29, 1.82) is 0 Å². The number of nitrogens with one attached hydrogen (secondary N) is 2. The summed E-state index contributed by atoms with van der Waals surface area (Å²) in [6.07, 6.45) is 0.992. The van der Waals surface area contributed by atoms with Crippen molar-refractivity contribution in [3.8, 4) is 0 Å². The molecule has 6 N–H and O–H groups in total. The Hall–Kier alpha value is -0.870. The van der Waals surface area contributed by atoms with E-state index in [0.717, 1.165) is 26.1 Å². The van der Waals surface area contributed by atoms with E-state index in [1.165, 1.54) is 0 Å². The van der Waals surface area contributed by atoms with E-state index in [0.29, 0.717) is 13.1 Å². The van der Waals surface area contributed by atoms with Gasteiger partial charge in [0.25, 0.3) is 0 Å². The molecule has 0 aromatic carbocycles. The molecule has 0 heterocycles. The third kappa shape index (κ3) is 9.04. The molecule has 0 amide bonds. The summed E-state index contributed by atoms with van der Waals surface area (Å²) < 4.78 is 0. The highest BCUT2D eigenvalue weighted by Gasteiger charge is 1.90. The van der Waals surface area contributed by atoms with Crippen molar-refractivity contribution < 1.29 is 4.79 Å². The van der Waals surface area contributed by atoms with Gasteiger partial charge in [-0.05, 0) is 19.5 Å². The maximum Gasteiger partial charge on any atom is 0.146 e. The lowest BCUT2D eigenvalue weighted by Crippen LogP contribution is -2.27. The Morgan fingerprint density at radius 2 is 1.92 bits per heavy atom. The molecular weight excluding hydrogens is 168 g/mol. The summed E-state index contributed by atoms with van der Waals surface area (Å²) in [4.78, 5) is 9.96. The highest BCUT2D eigenvalue weighted by molar-refractivity contribution is 5.51. The van der Waals surface area contributed by atoms with Crippen molar-refractivity contribution in [3.05, 3.63) is 5.70 Å². The van der Waals surface area contributed by atoms with Crippen LogP contribution >= 0.6 is 0 Å². The van der Waals surface area contributed by atoms with Crippen molar-refractivity contribution in [2.24, 2.45) is 11.5 Å². The summed E-state index contributed by atoms with van der Waals surface area (Å²) in [6, 6.07) is 0. The van der Waals surface area contributed by atoms with E-state index in [1.54, 1.807) is 5.94 Å². The van der Waals surface area contributed by atoms with Crippen LogP contribution in [0.4, 0.5) is 0 Å². The molecule has 0 aliphatic carbocycles. The zero-order valence-electron chi connectivity index (χ0n) is 7.81. The van der Waals surface area contributed by atoms with Gasteiger partial charge in [0.1, 0.15) is 11.6 Å². The summed E-state index contributed by atoms with van der Waals surface area (Å²) in [5, 5.41) is 6.17. The lowest BCUT2D eigenvalue weighted by atomic mass is 10.4. The fourth-order valence-corrected chi connectivity index (χ4v) is 0.825. The molecule has 0 fully saturated rings. The van der Waals surface area contributed by atoms with Crippen LogP contribution in [-0.2, 0) is 4.79 Å². The van der Waals surface area contributed by atoms with Crippen LogP contribution in [0, 0.1) is 0 Å². The average Bonchev–Trinajstić information content (AvgIpc) is 2.16. The Morgan fingerprint density at radius 1 is 1.23 bits per heavy atom. The lowest BCUT2D eigenvalue weighted by molar-refractivity contribution is 0.564. The first-order valence-electron chi connectivity index (χ1n) is 4.42. The molecule has 5 heteroatoms. The molecule has 0 aromatic heterocycles. The zero-order valence-corrected chi connectivity index (χ0v) is 7.81. The standard InChI is InChI=1S/C8H18N4O/c9-2-5-11-3-1-4-12-6-8(10)7-13/h11-12H,1-6,9-10H2. The topological polar surface area (TPSA) is 93.2 Å². The summed E-state index contributed by atoms with van der Waals surface area (Å²) in [7, 11) is 0. The molecule has 0 aromatic rings. The van der Waals surface area contributed by atoms with Gasteiger partial charge in [-0.25, -0.2) is 4.79 Å². The second kappa shape index (κ2) is 9.22. The third-order valence-electron chi connectivity index (χ3n) is 1.47. The van der Waals surface area contributed by atoms with E-state index in [9.17, 15) is 4.79 Å². The Balaban J connectivity index is 3.04. The van der Waals surface area contributed by atoms with Crippen molar-refractivity contribution in [2.45, 2.75) is 6.42 Å². The Morgan fingerprint density at radius 3 is 2.54 bits per heavy atom. The second-order valence-electron chi connectivity index (χ2n) is 2.70. The molecule has 13 heavy (non-hydrogen) atoms. The highest BCUT2D eigenvalue weighted by Crippen LogP contribution is 1.75. The van der Waals surface area contributed by atoms with Gasteiger partial charge in [0, 0.05) is 19.6 Å². The van der Waals surface area contributed by atoms with Crippen LogP contribution in [0.25, 0.3) is 0 Å². The summed E-state index contributed by atoms with van der Waals surface area (Å²) in [5.74, 6) is 1.63. The third-order valence-corrected chi connectivity index (χ3v) is 1.47. The van der Waals surface area contributed by atoms with E-state index in [4.69, 9.17) is 11.5 Å². The maximum atomic E-state index is 9.96. The molecule has 0 unspecified atom stereocenters. The number of hydrogen-bond donors (Lipinski definition) is 4. The van der Waals surface area contributed by atoms with Crippen molar-refractivity contribution in [3.63, 3.8) is 0 Å². The smallest absolute Gasteiger partial charge is 0.146 e. The van der Waals surface area contributed by atoms with Crippen LogP contribution in [0.5, 0.6) is 0 Å². The quantitative estimate of drug-likeness (QED) is 0.265. The molecule has 0 saturated carbocycles. The lowest BCUT2D eigenvalue weighted by Gasteiger charge is -2.03. The van der Waals surface area contributed by atoms with Gasteiger partial charge < -0.3 is 22.1 Å². The molecule has 0 spiro atoms. The van der Waals surface area contributed by atoms with Gasteiger partial charge in [0.2, 0.25) is 0 Å². The van der Waals surface area contributed by atoms with E-state index >= 15 is 0 Å². The molecule has 0 rings (SSSR count). The van der Waals surface area contributed by atoms with Crippen molar-refractivity contribution >= 4 is 5.94 Å². The van der Waals surface area contributed by atoms with E-state index in [2.05, 4.69) is 10.6 Å². The first kappa shape index (κ1) is 12.1. The number of nitrogens with two attached hydrogens (primary N) is 2. The van der Waals surface area contributed by atoms with Crippen LogP contribution in [0.1, 0.15) is 6.42 Å². The van der Waals surface area contributed by atoms with Crippen molar-refractivity contribution in [2.75, 3.05) is 32.7 Å². The first-order chi connectivity index (χ1) is 6.31. The van der Waals surface area contributed by atoms with Gasteiger partial charge >= 0.3 is 0 Å². The molecule has 0 bridgehead atoms. The number of rotatable bonds is 8. The fourth-order valence-electron chi connectivity index (χ4n) is 0.825. The molecule has 0 aliphatic rings. The van der Waals surface area contributed by atoms with E-state index in [-0.39, 0.29) is 5.70 Å². The van der Waals surface area contributed by atoms with Crippen LogP contribution in [0.15, 0.2) is 5.70 Å². The number of carbonyl (C=O) groups excluding carboxylic acids is 1. The highest BCUT2D eigenvalue weighted by atomic mass is 16.1. The molecule has 5 nitrogen and oxygen atoms in total. The summed E-state index contributed by atoms with van der Waals surface area (Å²) >= 11 is 0. The van der Waals surface area contributed by atoms with E-state index in [1.807, 2.05) is 0 Å². The van der Waals surface area contributed by atoms with Gasteiger partial charge in [0.15, 0.2) is 0 Å². The molecular formula is C8H18N4O. The van der Waals surface area contributed by atoms with Crippen LogP contribution in [0.3, 0.4) is 0 Å². The first-order valence-corrected chi connectivity index (χ1v) is 4.42. The minimum Gasteiger partial charge on any atom is -0.392 e. The molecule has 0 atom stereocenters. The SMILES string of the molecule is NCCNCCCNCC(N)=C=O. The van der Waals surface area contributed by atoms with Crippen LogP contribution in [0.2, 0.25) is 0 Å². The summed E-state index contributed by atoms with van der Waals surface area (Å²) in [5.41, 5.74) is 10.7. The van der Waals surface area contributed by atoms with Gasteiger partial charge in [-0.3, -0.25) is 0 Å². The predicted octanol–water partition coefficient (Wildman–Crippen LogP) is -1.81. The Labute approximate surface area is 78.5 Å². The normalized spacial score (nSPS) is 9.62. The van der Waals surface area contributed by atoms with Gasteiger partial charge in [-0.1, -0.05) is 0 Å². The van der Waals surface area contributed by atoms with Crippen LogP contribution < -0.4 is 22.1 Å². The summed E-state index contributed by atoms with van der Waals surface area (Å²) in [6.45, 7) is 3.68. The maximum absolute atomic E-state index is 9.96. The second-order valence-corrected chi connectivity index (χ2v) is 2.70. The average molecular weight is 186 g/mol. The Bertz CT molecular complexity index is 166. The minimum atomic E-state index is 0.218. The minimum absolute atomic E-state index is 0.218. The molecule has 0 radical (unpaired) electrons. The van der Waals surface area contributed by atoms with Gasteiger partial charge in [-0.2, -0.15) is 0 Å². The largest absolute Gasteiger partial charge is 0.392 e. The van der Waals surface area contributed by atoms with Gasteiger partial charge in [0.05, 0.1) is 0 Å². The monoisotopic (exact) mass is 186 g/mol. The van der Waals surface area contributed by atoms with Crippen molar-refractivity contribution in [1.82, 2.24) is 10.6 Å². The predicted molar refractivity (Wildman–Crippen MR) is 52.8 cm³/mol. The van der Waals surface area contributed by atoms with Gasteiger partial charge in [-0.15, -0.1) is 0 Å². The number of hydrogen-bond acceptors (Lipinski definition) is 5. The fraction of sp³-hybridized carbons (Fsp3) is 0.750. The molecule has 76 valence electrons. The Kier molecular flexibility index (Phi) is 8.60. The molecule has 0 aliphatic heterocycles. The zero-order chi connectivity index (χ0) is 9.94. The van der Waals surface area contributed by atoms with E-state index < -0.39 is 0 Å². The van der Waals surface area contributed by atoms with Crippen LogP contribution in [-0.4, -0.2) is 38.7 Å².